The third kappa shape index (κ3) is 3.54. The minimum Gasteiger partial charge on any atom is -0.381 e. The highest BCUT2D eigenvalue weighted by Crippen LogP contribution is 2.37. The number of nitrogens with two attached hydrogens (primary N) is 1. The van der Waals surface area contributed by atoms with Crippen molar-refractivity contribution in [1.29, 1.82) is 0 Å². The quantitative estimate of drug-likeness (QED) is 0.899. The fraction of sp³-hybridized carbons (Fsp3) is 0.600. The minimum absolute atomic E-state index is 0.344. The molecular weight excluding hydrogens is 312 g/mol. The highest BCUT2D eigenvalue weighted by molar-refractivity contribution is 5.82. The molecule has 1 aliphatic carbocycles. The second-order valence-corrected chi connectivity index (χ2v) is 7.73. The first-order chi connectivity index (χ1) is 12.1. The lowest BCUT2D eigenvalue weighted by Gasteiger charge is -2.39. The molecule has 4 rings (SSSR count). The van der Waals surface area contributed by atoms with Crippen molar-refractivity contribution < 1.29 is 4.74 Å². The van der Waals surface area contributed by atoms with Crippen molar-refractivity contribution in [2.75, 3.05) is 13.2 Å². The van der Waals surface area contributed by atoms with Crippen LogP contribution in [0.4, 0.5) is 0 Å². The average molecular weight is 340 g/mol. The third-order valence-electron chi connectivity index (χ3n) is 5.83. The minimum atomic E-state index is -0.344. The number of nitrogens with zero attached hydrogens (tertiary/aromatic N) is 2. The highest BCUT2D eigenvalue weighted by Gasteiger charge is 2.36. The lowest BCUT2D eigenvalue weighted by atomic mass is 9.76. The number of rotatable bonds is 3. The largest absolute Gasteiger partial charge is 0.381 e. The normalized spacial score (nSPS) is 28.3. The third-order valence-corrected chi connectivity index (χ3v) is 5.83. The van der Waals surface area contributed by atoms with E-state index in [0.29, 0.717) is 12.1 Å². The summed E-state index contributed by atoms with van der Waals surface area (Å²) in [5.74, 6) is 0. The molecule has 0 atom stereocenters. The summed E-state index contributed by atoms with van der Waals surface area (Å²) in [6, 6.07) is 7.50. The van der Waals surface area contributed by atoms with Crippen LogP contribution in [0.25, 0.3) is 10.9 Å². The molecule has 1 saturated carbocycles. The Hall–Kier alpha value is -1.56. The molecule has 2 aromatic rings. The summed E-state index contributed by atoms with van der Waals surface area (Å²) < 4.78 is 5.46. The number of aromatic nitrogens is 2. The fourth-order valence-electron chi connectivity index (χ4n) is 4.30. The molecule has 0 amide bonds. The summed E-state index contributed by atoms with van der Waals surface area (Å²) >= 11 is 0. The van der Waals surface area contributed by atoms with Crippen molar-refractivity contribution in [3.8, 4) is 0 Å². The van der Waals surface area contributed by atoms with Crippen LogP contribution in [0, 0.1) is 6.92 Å². The molecule has 1 aliphatic heterocycles. The molecule has 2 fully saturated rings. The van der Waals surface area contributed by atoms with Gasteiger partial charge >= 0.3 is 0 Å². The summed E-state index contributed by atoms with van der Waals surface area (Å²) in [5.41, 5.74) is 9.74. The van der Waals surface area contributed by atoms with E-state index in [1.807, 2.05) is 0 Å². The number of benzene rings is 1. The maximum absolute atomic E-state index is 6.85. The molecule has 1 saturated heterocycles. The van der Waals surface area contributed by atoms with Crippen LogP contribution < -0.4 is 11.1 Å². The van der Waals surface area contributed by atoms with Gasteiger partial charge in [-0.3, -0.25) is 0 Å². The van der Waals surface area contributed by atoms with Crippen molar-refractivity contribution in [3.05, 3.63) is 35.8 Å². The van der Waals surface area contributed by atoms with Crippen LogP contribution in [0.15, 0.2) is 24.5 Å². The Morgan fingerprint density at radius 3 is 2.56 bits per heavy atom. The van der Waals surface area contributed by atoms with Crippen molar-refractivity contribution in [2.45, 2.75) is 63.1 Å². The molecule has 0 bridgehead atoms. The average Bonchev–Trinajstić information content (AvgIpc) is 2.64. The Labute approximate surface area is 149 Å². The van der Waals surface area contributed by atoms with Gasteiger partial charge in [0, 0.05) is 30.7 Å². The second-order valence-electron chi connectivity index (χ2n) is 7.73. The topological polar surface area (TPSA) is 73.1 Å². The number of fused-ring (bicyclic) bond motifs is 1. The van der Waals surface area contributed by atoms with Crippen molar-refractivity contribution >= 4 is 10.9 Å². The molecule has 0 radical (unpaired) electrons. The Bertz CT molecular complexity index is 734. The predicted molar refractivity (Wildman–Crippen MR) is 99.4 cm³/mol. The standard InChI is InChI=1S/C20H28N4O/c1-14-2-3-18-17(12-14)19(23-13-22-18)20(21)8-4-15(5-9-20)24-16-6-10-25-11-7-16/h2-3,12-13,15-16,24H,4-11,21H2,1H3. The first-order valence-electron chi connectivity index (χ1n) is 9.49. The number of nitrogens with one attached hydrogen (secondary N) is 1. The van der Waals surface area contributed by atoms with Crippen LogP contribution in [0.2, 0.25) is 0 Å². The van der Waals surface area contributed by atoms with Crippen molar-refractivity contribution in [3.63, 3.8) is 0 Å². The van der Waals surface area contributed by atoms with Gasteiger partial charge in [0.1, 0.15) is 6.33 Å². The molecule has 5 nitrogen and oxygen atoms in total. The van der Waals surface area contributed by atoms with Gasteiger partial charge in [-0.25, -0.2) is 9.97 Å². The zero-order valence-corrected chi connectivity index (χ0v) is 15.0. The Morgan fingerprint density at radius 1 is 1.08 bits per heavy atom. The first-order valence-corrected chi connectivity index (χ1v) is 9.49. The number of ether oxygens (including phenoxy) is 1. The first kappa shape index (κ1) is 16.9. The number of hydrogen-bond donors (Lipinski definition) is 2. The van der Waals surface area contributed by atoms with Gasteiger partial charge < -0.3 is 15.8 Å². The van der Waals surface area contributed by atoms with Gasteiger partial charge in [0.2, 0.25) is 0 Å². The summed E-state index contributed by atoms with van der Waals surface area (Å²) in [6.07, 6.45) is 8.05. The van der Waals surface area contributed by atoms with Gasteiger partial charge in [0.25, 0.3) is 0 Å². The number of aryl methyl sites for hydroxylation is 1. The van der Waals surface area contributed by atoms with E-state index in [4.69, 9.17) is 10.5 Å². The van der Waals surface area contributed by atoms with Crippen molar-refractivity contribution in [2.24, 2.45) is 5.73 Å². The maximum atomic E-state index is 6.85. The lowest BCUT2D eigenvalue weighted by molar-refractivity contribution is 0.0715. The van der Waals surface area contributed by atoms with E-state index in [1.165, 1.54) is 5.56 Å². The summed E-state index contributed by atoms with van der Waals surface area (Å²) in [4.78, 5) is 9.02. The van der Waals surface area contributed by atoms with E-state index in [-0.39, 0.29) is 5.54 Å². The SMILES string of the molecule is Cc1ccc2ncnc(C3(N)CCC(NC4CCOCC4)CC3)c2c1. The molecule has 25 heavy (non-hydrogen) atoms. The summed E-state index contributed by atoms with van der Waals surface area (Å²) in [7, 11) is 0. The fourth-order valence-corrected chi connectivity index (χ4v) is 4.30. The zero-order chi connectivity index (χ0) is 17.3. The summed E-state index contributed by atoms with van der Waals surface area (Å²) in [6.45, 7) is 3.88. The van der Waals surface area contributed by atoms with E-state index < -0.39 is 0 Å². The molecule has 2 aliphatic rings. The van der Waals surface area contributed by atoms with Gasteiger partial charge in [-0.05, 0) is 57.6 Å². The van der Waals surface area contributed by atoms with Crippen molar-refractivity contribution in [1.82, 2.24) is 15.3 Å². The van der Waals surface area contributed by atoms with Crippen LogP contribution in [0.5, 0.6) is 0 Å². The van der Waals surface area contributed by atoms with Crippen LogP contribution in [0.1, 0.15) is 49.8 Å². The Morgan fingerprint density at radius 2 is 1.80 bits per heavy atom. The summed E-state index contributed by atoms with van der Waals surface area (Å²) in [5, 5.41) is 4.94. The highest BCUT2D eigenvalue weighted by atomic mass is 16.5. The number of hydrogen-bond acceptors (Lipinski definition) is 5. The van der Waals surface area contributed by atoms with Gasteiger partial charge in [0.15, 0.2) is 0 Å². The van der Waals surface area contributed by atoms with Crippen LogP contribution in [0.3, 0.4) is 0 Å². The van der Waals surface area contributed by atoms with E-state index in [2.05, 4.69) is 40.4 Å². The van der Waals surface area contributed by atoms with Crippen LogP contribution >= 0.6 is 0 Å². The monoisotopic (exact) mass is 340 g/mol. The molecule has 0 spiro atoms. The molecule has 3 N–H and O–H groups in total. The van der Waals surface area contributed by atoms with Crippen LogP contribution in [-0.4, -0.2) is 35.3 Å². The van der Waals surface area contributed by atoms with Gasteiger partial charge in [-0.1, -0.05) is 11.6 Å². The van der Waals surface area contributed by atoms with E-state index in [9.17, 15) is 0 Å². The molecule has 0 unspecified atom stereocenters. The van der Waals surface area contributed by atoms with Gasteiger partial charge in [-0.2, -0.15) is 0 Å². The predicted octanol–water partition coefficient (Wildman–Crippen LogP) is 2.80. The smallest absolute Gasteiger partial charge is 0.116 e. The van der Waals surface area contributed by atoms with E-state index >= 15 is 0 Å². The second kappa shape index (κ2) is 6.98. The zero-order valence-electron chi connectivity index (χ0n) is 15.0. The van der Waals surface area contributed by atoms with E-state index in [1.54, 1.807) is 6.33 Å². The molecule has 5 heteroatoms. The Kier molecular flexibility index (Phi) is 4.71. The Balaban J connectivity index is 1.49. The van der Waals surface area contributed by atoms with Crippen LogP contribution in [-0.2, 0) is 10.3 Å². The van der Waals surface area contributed by atoms with Gasteiger partial charge in [0.05, 0.1) is 16.7 Å². The maximum Gasteiger partial charge on any atom is 0.116 e. The lowest BCUT2D eigenvalue weighted by Crippen LogP contribution is -2.49. The van der Waals surface area contributed by atoms with E-state index in [0.717, 1.165) is 68.3 Å². The molecule has 2 heterocycles. The molecule has 1 aromatic heterocycles. The van der Waals surface area contributed by atoms with Gasteiger partial charge in [-0.15, -0.1) is 0 Å². The molecular formula is C20H28N4O. The molecule has 134 valence electrons. The molecule has 1 aromatic carbocycles.